The van der Waals surface area contributed by atoms with Crippen LogP contribution in [0.25, 0.3) is 11.1 Å². The maximum absolute atomic E-state index is 13.1. The van der Waals surface area contributed by atoms with Crippen LogP contribution >= 0.6 is 0 Å². The van der Waals surface area contributed by atoms with E-state index in [0.29, 0.717) is 30.4 Å². The quantitative estimate of drug-likeness (QED) is 0.336. The molecule has 4 aromatic rings. The lowest BCUT2D eigenvalue weighted by molar-refractivity contribution is 0.0951. The molecule has 0 aliphatic carbocycles. The number of hydrogen-bond acceptors (Lipinski definition) is 5. The van der Waals surface area contributed by atoms with Crippen LogP contribution in [0, 0.1) is 5.82 Å². The molecular formula is C27H25FN4O2. The molecule has 34 heavy (non-hydrogen) atoms. The van der Waals surface area contributed by atoms with E-state index in [2.05, 4.69) is 27.5 Å². The van der Waals surface area contributed by atoms with Gasteiger partial charge in [0.25, 0.3) is 5.91 Å². The molecule has 0 radical (unpaired) electrons. The summed E-state index contributed by atoms with van der Waals surface area (Å²) in [5, 5.41) is 6.04. The highest BCUT2D eigenvalue weighted by atomic mass is 19.1. The zero-order chi connectivity index (χ0) is 23.8. The summed E-state index contributed by atoms with van der Waals surface area (Å²) in [5.41, 5.74) is 3.81. The van der Waals surface area contributed by atoms with E-state index in [1.54, 1.807) is 42.7 Å². The third kappa shape index (κ3) is 6.16. The number of hydrogen-bond donors (Lipinski definition) is 2. The molecule has 0 aliphatic rings. The van der Waals surface area contributed by atoms with E-state index in [-0.39, 0.29) is 11.7 Å². The molecule has 0 aliphatic heterocycles. The molecule has 1 heterocycles. The minimum Gasteiger partial charge on any atom is -0.494 e. The molecule has 6 nitrogen and oxygen atoms in total. The number of benzene rings is 3. The Kier molecular flexibility index (Phi) is 7.45. The van der Waals surface area contributed by atoms with Gasteiger partial charge in [-0.05, 0) is 60.0 Å². The predicted molar refractivity (Wildman–Crippen MR) is 131 cm³/mol. The van der Waals surface area contributed by atoms with Crippen molar-refractivity contribution in [3.8, 4) is 16.9 Å². The first-order valence-electron chi connectivity index (χ1n) is 11.1. The second kappa shape index (κ2) is 11.0. The second-order valence-electron chi connectivity index (χ2n) is 7.68. The number of ether oxygens (including phenoxy) is 1. The van der Waals surface area contributed by atoms with Gasteiger partial charge in [-0.15, -0.1) is 0 Å². The van der Waals surface area contributed by atoms with Crippen LogP contribution in [-0.4, -0.2) is 22.5 Å². The average Bonchev–Trinajstić information content (AvgIpc) is 2.88. The van der Waals surface area contributed by atoms with Crippen LogP contribution in [-0.2, 0) is 6.54 Å². The highest BCUT2D eigenvalue weighted by Gasteiger charge is 2.08. The van der Waals surface area contributed by atoms with Gasteiger partial charge in [0.1, 0.15) is 11.6 Å². The smallest absolute Gasteiger partial charge is 0.251 e. The second-order valence-corrected chi connectivity index (χ2v) is 7.68. The summed E-state index contributed by atoms with van der Waals surface area (Å²) in [6.07, 6.45) is 4.29. The number of nitrogens with zero attached hydrogens (tertiary/aromatic N) is 2. The minimum absolute atomic E-state index is 0.178. The molecule has 1 aromatic heterocycles. The Morgan fingerprint density at radius 3 is 2.38 bits per heavy atom. The van der Waals surface area contributed by atoms with E-state index in [1.165, 1.54) is 12.1 Å². The molecule has 0 bridgehead atoms. The molecule has 0 fully saturated rings. The molecule has 0 saturated carbocycles. The normalized spacial score (nSPS) is 10.5. The topological polar surface area (TPSA) is 76.1 Å². The number of carbonyl (C=O) groups excluding carboxylic acids is 1. The largest absolute Gasteiger partial charge is 0.494 e. The molecule has 0 saturated heterocycles. The molecule has 1 amide bonds. The lowest BCUT2D eigenvalue weighted by Gasteiger charge is -2.09. The Morgan fingerprint density at radius 1 is 0.941 bits per heavy atom. The maximum atomic E-state index is 13.1. The lowest BCUT2D eigenvalue weighted by atomic mass is 10.1. The Labute approximate surface area is 197 Å². The summed E-state index contributed by atoms with van der Waals surface area (Å²) in [6.45, 7) is 3.16. The number of anilines is 2. The summed E-state index contributed by atoms with van der Waals surface area (Å²) >= 11 is 0. The fourth-order valence-corrected chi connectivity index (χ4v) is 3.26. The van der Waals surface area contributed by atoms with Crippen molar-refractivity contribution in [1.82, 2.24) is 15.3 Å². The third-order valence-corrected chi connectivity index (χ3v) is 5.06. The van der Waals surface area contributed by atoms with Gasteiger partial charge < -0.3 is 15.4 Å². The van der Waals surface area contributed by atoms with Crippen molar-refractivity contribution >= 4 is 17.5 Å². The van der Waals surface area contributed by atoms with Gasteiger partial charge >= 0.3 is 0 Å². The van der Waals surface area contributed by atoms with Crippen molar-refractivity contribution in [3.05, 3.63) is 102 Å². The Morgan fingerprint density at radius 2 is 1.68 bits per heavy atom. The highest BCUT2D eigenvalue weighted by Crippen LogP contribution is 2.20. The summed E-state index contributed by atoms with van der Waals surface area (Å²) in [5.74, 6) is 0.752. The fraction of sp³-hybridized carbons (Fsp3) is 0.148. The number of carbonyl (C=O) groups is 1. The van der Waals surface area contributed by atoms with Gasteiger partial charge in [0.05, 0.1) is 6.61 Å². The van der Waals surface area contributed by atoms with Crippen LogP contribution in [0.5, 0.6) is 5.75 Å². The fourth-order valence-electron chi connectivity index (χ4n) is 3.26. The van der Waals surface area contributed by atoms with E-state index in [0.717, 1.165) is 28.9 Å². The third-order valence-electron chi connectivity index (χ3n) is 5.06. The molecule has 7 heteroatoms. The zero-order valence-electron chi connectivity index (χ0n) is 18.8. The van der Waals surface area contributed by atoms with Crippen LogP contribution in [0.4, 0.5) is 16.0 Å². The van der Waals surface area contributed by atoms with Crippen LogP contribution < -0.4 is 15.4 Å². The first-order valence-corrected chi connectivity index (χ1v) is 11.1. The number of halogens is 1. The Balaban J connectivity index is 1.35. The van der Waals surface area contributed by atoms with Crippen molar-refractivity contribution in [2.45, 2.75) is 19.9 Å². The molecule has 0 unspecified atom stereocenters. The molecule has 3 aromatic carbocycles. The van der Waals surface area contributed by atoms with Gasteiger partial charge in [0.2, 0.25) is 5.95 Å². The molecular weight excluding hydrogens is 431 g/mol. The summed E-state index contributed by atoms with van der Waals surface area (Å²) < 4.78 is 18.7. The van der Waals surface area contributed by atoms with Gasteiger partial charge in [-0.3, -0.25) is 4.79 Å². The van der Waals surface area contributed by atoms with Crippen molar-refractivity contribution in [3.63, 3.8) is 0 Å². The summed E-state index contributed by atoms with van der Waals surface area (Å²) in [7, 11) is 0. The van der Waals surface area contributed by atoms with Crippen molar-refractivity contribution in [2.24, 2.45) is 0 Å². The van der Waals surface area contributed by atoms with Gasteiger partial charge in [-0.25, -0.2) is 14.4 Å². The van der Waals surface area contributed by atoms with Crippen LogP contribution in [0.15, 0.2) is 85.2 Å². The van der Waals surface area contributed by atoms with Crippen molar-refractivity contribution in [1.29, 1.82) is 0 Å². The van der Waals surface area contributed by atoms with E-state index in [9.17, 15) is 9.18 Å². The highest BCUT2D eigenvalue weighted by molar-refractivity contribution is 5.95. The van der Waals surface area contributed by atoms with E-state index >= 15 is 0 Å². The van der Waals surface area contributed by atoms with Crippen LogP contribution in [0.2, 0.25) is 0 Å². The molecule has 2 N–H and O–H groups in total. The molecule has 172 valence electrons. The van der Waals surface area contributed by atoms with Crippen molar-refractivity contribution < 1.29 is 13.9 Å². The standard InChI is InChI=1S/C27H25FN4O2/c1-2-14-34-25-12-6-19(7-13-25)16-29-26(33)21-4-3-5-24(15-21)32-27-30-17-22(18-31-27)20-8-10-23(28)11-9-20/h3-13,15,17-18H,2,14,16H2,1H3,(H,29,33)(H,30,31,32). The minimum atomic E-state index is -0.290. The van der Waals surface area contributed by atoms with Crippen molar-refractivity contribution in [2.75, 3.05) is 11.9 Å². The number of nitrogens with one attached hydrogen (secondary N) is 2. The first kappa shape index (κ1) is 22.9. The maximum Gasteiger partial charge on any atom is 0.251 e. The SMILES string of the molecule is CCCOc1ccc(CNC(=O)c2cccc(Nc3ncc(-c4ccc(F)cc4)cn3)c2)cc1. The number of aromatic nitrogens is 2. The van der Waals surface area contributed by atoms with E-state index < -0.39 is 0 Å². The van der Waals surface area contributed by atoms with Gasteiger partial charge in [0, 0.05) is 35.8 Å². The van der Waals surface area contributed by atoms with Gasteiger partial charge in [0.15, 0.2) is 0 Å². The summed E-state index contributed by atoms with van der Waals surface area (Å²) in [6, 6.07) is 21.0. The van der Waals surface area contributed by atoms with E-state index in [1.807, 2.05) is 30.3 Å². The monoisotopic (exact) mass is 456 g/mol. The van der Waals surface area contributed by atoms with E-state index in [4.69, 9.17) is 4.74 Å². The Bertz CT molecular complexity index is 1230. The first-order chi connectivity index (χ1) is 16.6. The molecule has 0 atom stereocenters. The lowest BCUT2D eigenvalue weighted by Crippen LogP contribution is -2.22. The molecule has 0 spiro atoms. The average molecular weight is 457 g/mol. The van der Waals surface area contributed by atoms with Crippen LogP contribution in [0.1, 0.15) is 29.3 Å². The zero-order valence-corrected chi connectivity index (χ0v) is 18.8. The van der Waals surface area contributed by atoms with Gasteiger partial charge in [-0.2, -0.15) is 0 Å². The predicted octanol–water partition coefficient (Wildman–Crippen LogP) is 5.75. The number of rotatable bonds is 9. The summed E-state index contributed by atoms with van der Waals surface area (Å²) in [4.78, 5) is 21.3. The van der Waals surface area contributed by atoms with Crippen LogP contribution in [0.3, 0.4) is 0 Å². The number of amides is 1. The molecule has 4 rings (SSSR count). The van der Waals surface area contributed by atoms with Gasteiger partial charge in [-0.1, -0.05) is 37.3 Å². The Hall–Kier alpha value is -4.26.